The molecular formula is C15H19N5O2S. The van der Waals surface area contributed by atoms with Crippen molar-refractivity contribution in [2.24, 2.45) is 4.99 Å². The zero-order chi connectivity index (χ0) is 16.8. The summed E-state index contributed by atoms with van der Waals surface area (Å²) in [4.78, 5) is 21.2. The van der Waals surface area contributed by atoms with Crippen molar-refractivity contribution < 1.29 is 4.92 Å². The number of guanidine groups is 1. The smallest absolute Gasteiger partial charge is 0.274 e. The molecule has 0 spiro atoms. The molecule has 0 bridgehead atoms. The normalized spacial score (nSPS) is 11.3. The number of nitro groups is 1. The topological polar surface area (TPSA) is 83.7 Å². The molecular weight excluding hydrogens is 314 g/mol. The minimum absolute atomic E-state index is 0.105. The van der Waals surface area contributed by atoms with E-state index in [4.69, 9.17) is 0 Å². The van der Waals surface area contributed by atoms with Gasteiger partial charge in [0.1, 0.15) is 0 Å². The van der Waals surface area contributed by atoms with Crippen LogP contribution >= 0.6 is 11.3 Å². The van der Waals surface area contributed by atoms with E-state index in [0.29, 0.717) is 24.6 Å². The average molecular weight is 333 g/mol. The number of nitrogens with one attached hydrogen (secondary N) is 1. The summed E-state index contributed by atoms with van der Waals surface area (Å²) in [7, 11) is 3.59. The molecule has 23 heavy (non-hydrogen) atoms. The van der Waals surface area contributed by atoms with Crippen LogP contribution in [0, 0.1) is 17.0 Å². The molecule has 8 heteroatoms. The van der Waals surface area contributed by atoms with Crippen LogP contribution in [0.3, 0.4) is 0 Å². The number of para-hydroxylation sites is 1. The van der Waals surface area contributed by atoms with Crippen LogP contribution in [0.1, 0.15) is 16.3 Å². The predicted molar refractivity (Wildman–Crippen MR) is 91.6 cm³/mol. The Hall–Kier alpha value is -2.48. The summed E-state index contributed by atoms with van der Waals surface area (Å²) in [5.41, 5.74) is 1.70. The quantitative estimate of drug-likeness (QED) is 0.393. The SMILES string of the molecule is CN=C(NCc1ccccc1[N+](=O)[O-])N(C)Cc1csc(C)n1. The van der Waals surface area contributed by atoms with Crippen LogP contribution in [-0.4, -0.2) is 34.9 Å². The second kappa shape index (κ2) is 7.68. The number of aromatic nitrogens is 1. The number of rotatable bonds is 5. The van der Waals surface area contributed by atoms with E-state index < -0.39 is 0 Å². The molecule has 0 fully saturated rings. The van der Waals surface area contributed by atoms with Gasteiger partial charge in [-0.3, -0.25) is 15.1 Å². The van der Waals surface area contributed by atoms with Gasteiger partial charge >= 0.3 is 0 Å². The van der Waals surface area contributed by atoms with Gasteiger partial charge in [0, 0.05) is 37.6 Å². The van der Waals surface area contributed by atoms with Crippen molar-refractivity contribution in [3.05, 3.63) is 56.0 Å². The number of aliphatic imine (C=N–C) groups is 1. The summed E-state index contributed by atoms with van der Waals surface area (Å²) in [5, 5.41) is 17.2. The van der Waals surface area contributed by atoms with Crippen LogP contribution < -0.4 is 5.32 Å². The van der Waals surface area contributed by atoms with Gasteiger partial charge in [-0.15, -0.1) is 11.3 Å². The van der Waals surface area contributed by atoms with Crippen LogP contribution in [0.5, 0.6) is 0 Å². The van der Waals surface area contributed by atoms with Gasteiger partial charge < -0.3 is 10.2 Å². The average Bonchev–Trinajstić information content (AvgIpc) is 2.93. The molecule has 0 saturated carbocycles. The maximum absolute atomic E-state index is 11.0. The van der Waals surface area contributed by atoms with Gasteiger partial charge in [0.25, 0.3) is 5.69 Å². The minimum atomic E-state index is -0.373. The molecule has 0 amide bonds. The lowest BCUT2D eigenvalue weighted by Gasteiger charge is -2.21. The first kappa shape index (κ1) is 16.9. The van der Waals surface area contributed by atoms with E-state index in [1.54, 1.807) is 36.6 Å². The third kappa shape index (κ3) is 4.49. The molecule has 0 aliphatic carbocycles. The predicted octanol–water partition coefficient (Wildman–Crippen LogP) is 2.57. The monoisotopic (exact) mass is 333 g/mol. The van der Waals surface area contributed by atoms with Crippen molar-refractivity contribution in [2.45, 2.75) is 20.0 Å². The summed E-state index contributed by atoms with van der Waals surface area (Å²) >= 11 is 1.61. The number of aryl methyl sites for hydroxylation is 1. The molecule has 122 valence electrons. The Bertz CT molecular complexity index is 713. The van der Waals surface area contributed by atoms with Crippen LogP contribution in [0.2, 0.25) is 0 Å². The van der Waals surface area contributed by atoms with E-state index >= 15 is 0 Å². The molecule has 1 aromatic heterocycles. The Balaban J connectivity index is 2.01. The highest BCUT2D eigenvalue weighted by Crippen LogP contribution is 2.17. The van der Waals surface area contributed by atoms with Gasteiger partial charge in [0.05, 0.1) is 22.2 Å². The molecule has 0 unspecified atom stereocenters. The van der Waals surface area contributed by atoms with Crippen LogP contribution in [-0.2, 0) is 13.1 Å². The standard InChI is InChI=1S/C15H19N5O2S/c1-11-18-13(10-23-11)9-19(3)15(16-2)17-8-12-6-4-5-7-14(12)20(21)22/h4-7,10H,8-9H2,1-3H3,(H,16,17). The molecule has 1 aromatic carbocycles. The molecule has 1 N–H and O–H groups in total. The Morgan fingerprint density at radius 3 is 2.83 bits per heavy atom. The highest BCUT2D eigenvalue weighted by atomic mass is 32.1. The molecule has 1 heterocycles. The van der Waals surface area contributed by atoms with Gasteiger partial charge in [-0.25, -0.2) is 4.98 Å². The summed E-state index contributed by atoms with van der Waals surface area (Å²) < 4.78 is 0. The van der Waals surface area contributed by atoms with Gasteiger partial charge in [-0.05, 0) is 6.92 Å². The van der Waals surface area contributed by atoms with Crippen LogP contribution in [0.25, 0.3) is 0 Å². The summed E-state index contributed by atoms with van der Waals surface area (Å²) in [6, 6.07) is 6.69. The first-order valence-electron chi connectivity index (χ1n) is 7.06. The molecule has 0 aliphatic heterocycles. The Labute approximate surface area is 138 Å². The molecule has 0 saturated heterocycles. The fraction of sp³-hybridized carbons (Fsp3) is 0.333. The number of hydrogen-bond donors (Lipinski definition) is 1. The van der Waals surface area contributed by atoms with E-state index in [1.165, 1.54) is 6.07 Å². The van der Waals surface area contributed by atoms with Crippen molar-refractivity contribution in [1.82, 2.24) is 15.2 Å². The second-order valence-corrected chi connectivity index (χ2v) is 6.06. The zero-order valence-corrected chi connectivity index (χ0v) is 14.1. The highest BCUT2D eigenvalue weighted by Gasteiger charge is 2.14. The molecule has 0 atom stereocenters. The van der Waals surface area contributed by atoms with Crippen LogP contribution in [0.4, 0.5) is 5.69 Å². The zero-order valence-electron chi connectivity index (χ0n) is 13.3. The number of thiazole rings is 1. The second-order valence-electron chi connectivity index (χ2n) is 5.00. The first-order valence-corrected chi connectivity index (χ1v) is 7.94. The van der Waals surface area contributed by atoms with Gasteiger partial charge in [-0.1, -0.05) is 18.2 Å². The number of benzene rings is 1. The van der Waals surface area contributed by atoms with Gasteiger partial charge in [-0.2, -0.15) is 0 Å². The third-order valence-electron chi connectivity index (χ3n) is 3.26. The summed E-state index contributed by atoms with van der Waals surface area (Å²) in [5.74, 6) is 0.661. The fourth-order valence-electron chi connectivity index (χ4n) is 2.20. The van der Waals surface area contributed by atoms with Crippen molar-refractivity contribution in [3.8, 4) is 0 Å². The largest absolute Gasteiger partial charge is 0.352 e. The molecule has 2 aromatic rings. The first-order chi connectivity index (χ1) is 11.0. The summed E-state index contributed by atoms with van der Waals surface area (Å²) in [6.07, 6.45) is 0. The maximum Gasteiger partial charge on any atom is 0.274 e. The maximum atomic E-state index is 11.0. The van der Waals surface area contributed by atoms with Crippen molar-refractivity contribution >= 4 is 23.0 Å². The van der Waals surface area contributed by atoms with Crippen molar-refractivity contribution in [1.29, 1.82) is 0 Å². The van der Waals surface area contributed by atoms with Crippen LogP contribution in [0.15, 0.2) is 34.6 Å². The van der Waals surface area contributed by atoms with Gasteiger partial charge in [0.15, 0.2) is 5.96 Å². The van der Waals surface area contributed by atoms with E-state index in [0.717, 1.165) is 10.7 Å². The number of hydrogen-bond acceptors (Lipinski definition) is 5. The lowest BCUT2D eigenvalue weighted by molar-refractivity contribution is -0.385. The Kier molecular flexibility index (Phi) is 5.64. The lowest BCUT2D eigenvalue weighted by atomic mass is 10.2. The Morgan fingerprint density at radius 1 is 1.48 bits per heavy atom. The molecule has 0 radical (unpaired) electrons. The molecule has 2 rings (SSSR count). The van der Waals surface area contributed by atoms with Crippen molar-refractivity contribution in [2.75, 3.05) is 14.1 Å². The summed E-state index contributed by atoms with van der Waals surface area (Å²) in [6.45, 7) is 2.93. The van der Waals surface area contributed by atoms with Crippen molar-refractivity contribution in [3.63, 3.8) is 0 Å². The molecule has 7 nitrogen and oxygen atoms in total. The number of nitrogens with zero attached hydrogens (tertiary/aromatic N) is 4. The number of nitro benzene ring substituents is 1. The Morgan fingerprint density at radius 2 is 2.22 bits per heavy atom. The van der Waals surface area contributed by atoms with Gasteiger partial charge in [0.2, 0.25) is 0 Å². The third-order valence-corrected chi connectivity index (χ3v) is 4.09. The van der Waals surface area contributed by atoms with E-state index in [2.05, 4.69) is 15.3 Å². The minimum Gasteiger partial charge on any atom is -0.352 e. The molecule has 0 aliphatic rings. The van der Waals surface area contributed by atoms with E-state index in [-0.39, 0.29) is 10.6 Å². The highest BCUT2D eigenvalue weighted by molar-refractivity contribution is 7.09. The fourth-order valence-corrected chi connectivity index (χ4v) is 2.80. The van der Waals surface area contributed by atoms with E-state index in [9.17, 15) is 10.1 Å². The van der Waals surface area contributed by atoms with E-state index in [1.807, 2.05) is 24.3 Å². The lowest BCUT2D eigenvalue weighted by Crippen LogP contribution is -2.38.